The number of rotatable bonds is 7. The number of carbonyl (C=O) groups is 1. The number of carbonyl (C=O) groups excluding carboxylic acids is 1. The molecule has 9 heteroatoms. The SMILES string of the molecule is COC(=O)C[C@H]1C=C[C@H](NS(=O)(=O)c2ccc(OC)cc2)[C@H](CO)O1. The molecule has 0 unspecified atom stereocenters. The summed E-state index contributed by atoms with van der Waals surface area (Å²) in [4.78, 5) is 11.4. The predicted molar refractivity (Wildman–Crippen MR) is 88.6 cm³/mol. The van der Waals surface area contributed by atoms with Crippen LogP contribution in [0.4, 0.5) is 0 Å². The number of ether oxygens (including phenoxy) is 3. The van der Waals surface area contributed by atoms with Crippen molar-refractivity contribution < 1.29 is 32.5 Å². The van der Waals surface area contributed by atoms with Crippen molar-refractivity contribution in [2.45, 2.75) is 29.6 Å². The van der Waals surface area contributed by atoms with E-state index in [1.54, 1.807) is 12.2 Å². The fraction of sp³-hybridized carbons (Fsp3) is 0.438. The Kier molecular flexibility index (Phi) is 6.54. The molecule has 0 aliphatic carbocycles. The van der Waals surface area contributed by atoms with Crippen LogP contribution >= 0.6 is 0 Å². The van der Waals surface area contributed by atoms with E-state index in [0.717, 1.165) is 0 Å². The van der Waals surface area contributed by atoms with E-state index < -0.39 is 40.8 Å². The second kappa shape index (κ2) is 8.43. The third-order valence-corrected chi connectivity index (χ3v) is 5.19. The van der Waals surface area contributed by atoms with Crippen LogP contribution in [0.2, 0.25) is 0 Å². The van der Waals surface area contributed by atoms with Gasteiger partial charge in [-0.1, -0.05) is 12.2 Å². The van der Waals surface area contributed by atoms with Gasteiger partial charge in [-0.3, -0.25) is 4.79 Å². The molecule has 1 aromatic rings. The molecule has 1 aromatic carbocycles. The molecule has 2 rings (SSSR count). The third-order valence-electron chi connectivity index (χ3n) is 3.72. The lowest BCUT2D eigenvalue weighted by atomic mass is 10.1. The Bertz CT molecular complexity index is 715. The summed E-state index contributed by atoms with van der Waals surface area (Å²) in [7, 11) is -1.06. The van der Waals surface area contributed by atoms with Crippen LogP contribution in [-0.4, -0.2) is 58.6 Å². The number of hydrogen-bond acceptors (Lipinski definition) is 7. The normalized spacial score (nSPS) is 23.2. The van der Waals surface area contributed by atoms with Crippen LogP contribution in [0.3, 0.4) is 0 Å². The standard InChI is InChI=1S/C16H21NO7S/c1-22-11-3-6-13(7-4-11)25(20,21)17-14-8-5-12(9-16(19)23-2)24-15(14)10-18/h3-8,12,14-15,17-18H,9-10H2,1-2H3/t12-,14+,15+/m1/s1. The molecule has 0 saturated carbocycles. The minimum absolute atomic E-state index is 0.0125. The van der Waals surface area contributed by atoms with Gasteiger partial charge in [0, 0.05) is 0 Å². The Labute approximate surface area is 146 Å². The van der Waals surface area contributed by atoms with Gasteiger partial charge in [0.1, 0.15) is 11.9 Å². The number of nitrogens with one attached hydrogen (secondary N) is 1. The fourth-order valence-electron chi connectivity index (χ4n) is 2.36. The number of aliphatic hydroxyl groups is 1. The maximum Gasteiger partial charge on any atom is 0.308 e. The molecule has 1 aliphatic heterocycles. The van der Waals surface area contributed by atoms with Gasteiger partial charge in [0.05, 0.1) is 44.3 Å². The van der Waals surface area contributed by atoms with E-state index >= 15 is 0 Å². The Balaban J connectivity index is 2.11. The average Bonchev–Trinajstić information content (AvgIpc) is 2.62. The van der Waals surface area contributed by atoms with Gasteiger partial charge in [-0.25, -0.2) is 13.1 Å². The first kappa shape index (κ1) is 19.4. The van der Waals surface area contributed by atoms with Crippen LogP contribution in [0, 0.1) is 0 Å². The van der Waals surface area contributed by atoms with Crippen LogP contribution in [0.25, 0.3) is 0 Å². The van der Waals surface area contributed by atoms with Crippen LogP contribution in [0.5, 0.6) is 5.75 Å². The molecule has 0 fully saturated rings. The molecule has 0 bridgehead atoms. The molecule has 0 spiro atoms. The second-order valence-corrected chi connectivity index (χ2v) is 7.10. The summed E-state index contributed by atoms with van der Waals surface area (Å²) in [6.45, 7) is -0.405. The van der Waals surface area contributed by atoms with E-state index in [0.29, 0.717) is 5.75 Å². The Morgan fingerprint density at radius 3 is 2.48 bits per heavy atom. The lowest BCUT2D eigenvalue weighted by Crippen LogP contribution is -2.48. The summed E-state index contributed by atoms with van der Waals surface area (Å²) in [6.07, 6.45) is 1.74. The summed E-state index contributed by atoms with van der Waals surface area (Å²) >= 11 is 0. The Morgan fingerprint density at radius 1 is 1.24 bits per heavy atom. The monoisotopic (exact) mass is 371 g/mol. The van der Waals surface area contributed by atoms with Gasteiger partial charge in [-0.15, -0.1) is 0 Å². The summed E-state index contributed by atoms with van der Waals surface area (Å²) in [5.74, 6) is 0.0855. The summed E-state index contributed by atoms with van der Waals surface area (Å²) in [6, 6.07) is 5.16. The van der Waals surface area contributed by atoms with E-state index in [1.165, 1.54) is 38.5 Å². The van der Waals surface area contributed by atoms with E-state index in [-0.39, 0.29) is 11.3 Å². The van der Waals surface area contributed by atoms with Crippen LogP contribution in [-0.2, 0) is 24.3 Å². The highest BCUT2D eigenvalue weighted by atomic mass is 32.2. The predicted octanol–water partition coefficient (Wildman–Crippen LogP) is 0.221. The van der Waals surface area contributed by atoms with Crippen LogP contribution in [0.15, 0.2) is 41.3 Å². The van der Waals surface area contributed by atoms with Crippen molar-refractivity contribution in [1.82, 2.24) is 4.72 Å². The van der Waals surface area contributed by atoms with Crippen molar-refractivity contribution in [2.24, 2.45) is 0 Å². The van der Waals surface area contributed by atoms with E-state index in [2.05, 4.69) is 9.46 Å². The number of aliphatic hydroxyl groups excluding tert-OH is 1. The molecule has 138 valence electrons. The lowest BCUT2D eigenvalue weighted by molar-refractivity contribution is -0.144. The quantitative estimate of drug-likeness (QED) is 0.521. The first-order valence-electron chi connectivity index (χ1n) is 7.57. The lowest BCUT2D eigenvalue weighted by Gasteiger charge is -2.31. The van der Waals surface area contributed by atoms with E-state index in [4.69, 9.17) is 9.47 Å². The van der Waals surface area contributed by atoms with Crippen molar-refractivity contribution in [3.05, 3.63) is 36.4 Å². The maximum atomic E-state index is 12.5. The molecule has 0 aromatic heterocycles. The smallest absolute Gasteiger partial charge is 0.308 e. The largest absolute Gasteiger partial charge is 0.497 e. The number of methoxy groups -OCH3 is 2. The van der Waals surface area contributed by atoms with Gasteiger partial charge in [0.2, 0.25) is 10.0 Å². The van der Waals surface area contributed by atoms with Crippen molar-refractivity contribution in [2.75, 3.05) is 20.8 Å². The first-order valence-corrected chi connectivity index (χ1v) is 9.05. The molecule has 0 radical (unpaired) electrons. The van der Waals surface area contributed by atoms with Gasteiger partial charge < -0.3 is 19.3 Å². The topological polar surface area (TPSA) is 111 Å². The first-order chi connectivity index (χ1) is 11.9. The summed E-state index contributed by atoms with van der Waals surface area (Å²) < 4.78 is 42.5. The molecule has 1 heterocycles. The van der Waals surface area contributed by atoms with Crippen molar-refractivity contribution >= 4 is 16.0 Å². The zero-order valence-corrected chi connectivity index (χ0v) is 14.7. The second-order valence-electron chi connectivity index (χ2n) is 5.38. The fourth-order valence-corrected chi connectivity index (χ4v) is 3.58. The highest BCUT2D eigenvalue weighted by Crippen LogP contribution is 2.20. The molecule has 3 atom stereocenters. The Morgan fingerprint density at radius 2 is 1.92 bits per heavy atom. The number of sulfonamides is 1. The van der Waals surface area contributed by atoms with Gasteiger partial charge in [-0.2, -0.15) is 0 Å². The van der Waals surface area contributed by atoms with E-state index in [9.17, 15) is 18.3 Å². The molecule has 2 N–H and O–H groups in total. The minimum Gasteiger partial charge on any atom is -0.497 e. The van der Waals surface area contributed by atoms with E-state index in [1.807, 2.05) is 0 Å². The summed E-state index contributed by atoms with van der Waals surface area (Å²) in [5, 5.41) is 9.48. The highest BCUT2D eigenvalue weighted by molar-refractivity contribution is 7.89. The van der Waals surface area contributed by atoms with Crippen molar-refractivity contribution in [1.29, 1.82) is 0 Å². The maximum absolute atomic E-state index is 12.5. The zero-order chi connectivity index (χ0) is 18.4. The molecule has 25 heavy (non-hydrogen) atoms. The molecular weight excluding hydrogens is 350 g/mol. The molecule has 8 nitrogen and oxygen atoms in total. The number of esters is 1. The Hall–Kier alpha value is -1.94. The molecule has 1 aliphatic rings. The average molecular weight is 371 g/mol. The minimum atomic E-state index is -3.81. The van der Waals surface area contributed by atoms with Crippen molar-refractivity contribution in [3.63, 3.8) is 0 Å². The summed E-state index contributed by atoms with van der Waals surface area (Å²) in [5.41, 5.74) is 0. The van der Waals surface area contributed by atoms with Gasteiger partial charge in [0.25, 0.3) is 0 Å². The third kappa shape index (κ3) is 5.02. The highest BCUT2D eigenvalue weighted by Gasteiger charge is 2.31. The molecule has 0 saturated heterocycles. The van der Waals surface area contributed by atoms with Gasteiger partial charge in [0.15, 0.2) is 0 Å². The van der Waals surface area contributed by atoms with Gasteiger partial charge >= 0.3 is 5.97 Å². The molecule has 0 amide bonds. The number of benzene rings is 1. The number of hydrogen-bond donors (Lipinski definition) is 2. The zero-order valence-electron chi connectivity index (χ0n) is 13.9. The van der Waals surface area contributed by atoms with Crippen molar-refractivity contribution in [3.8, 4) is 5.75 Å². The van der Waals surface area contributed by atoms with Crippen LogP contribution in [0.1, 0.15) is 6.42 Å². The van der Waals surface area contributed by atoms with Crippen LogP contribution < -0.4 is 9.46 Å². The molecular formula is C16H21NO7S. The van der Waals surface area contributed by atoms with Gasteiger partial charge in [-0.05, 0) is 24.3 Å².